The van der Waals surface area contributed by atoms with Crippen LogP contribution in [0.4, 0.5) is 14.5 Å². The third kappa shape index (κ3) is 3.30. The summed E-state index contributed by atoms with van der Waals surface area (Å²) in [6, 6.07) is 7.87. The highest BCUT2D eigenvalue weighted by molar-refractivity contribution is 5.79. The van der Waals surface area contributed by atoms with E-state index in [1.54, 1.807) is 13.4 Å². The van der Waals surface area contributed by atoms with Gasteiger partial charge in [-0.05, 0) is 73.4 Å². The molecule has 1 N–H and O–H groups in total. The quantitative estimate of drug-likeness (QED) is 0.565. The average Bonchev–Trinajstić information content (AvgIpc) is 3.63. The van der Waals surface area contributed by atoms with Crippen molar-refractivity contribution in [3.8, 4) is 0 Å². The lowest BCUT2D eigenvalue weighted by atomic mass is 9.87. The predicted octanol–water partition coefficient (Wildman–Crippen LogP) is 5.12. The molecule has 1 aromatic heterocycles. The number of carbonyl (C=O) groups is 1. The highest BCUT2D eigenvalue weighted by Crippen LogP contribution is 2.47. The number of anilines is 1. The second kappa shape index (κ2) is 6.94. The van der Waals surface area contributed by atoms with Crippen LogP contribution in [0.3, 0.4) is 0 Å². The lowest BCUT2D eigenvalue weighted by Crippen LogP contribution is -2.34. The Bertz CT molecular complexity index is 1050. The van der Waals surface area contributed by atoms with Crippen molar-refractivity contribution in [2.75, 3.05) is 11.9 Å². The molecule has 5 rings (SSSR count). The molecule has 0 amide bonds. The van der Waals surface area contributed by atoms with Gasteiger partial charge in [-0.3, -0.25) is 0 Å². The molecular weight excluding hydrogens is 372 g/mol. The number of imidazole rings is 1. The average molecular weight is 395 g/mol. The first-order valence-corrected chi connectivity index (χ1v) is 10.2. The van der Waals surface area contributed by atoms with Gasteiger partial charge in [-0.15, -0.1) is 0 Å². The monoisotopic (exact) mass is 395 g/mol. The summed E-state index contributed by atoms with van der Waals surface area (Å²) in [7, 11) is 1.80. The molecule has 0 spiro atoms. The van der Waals surface area contributed by atoms with Gasteiger partial charge in [-0.1, -0.05) is 0 Å². The molecule has 3 aromatic rings. The highest BCUT2D eigenvalue weighted by atomic mass is 19.1. The summed E-state index contributed by atoms with van der Waals surface area (Å²) in [5.74, 6) is -1.15. The van der Waals surface area contributed by atoms with Crippen molar-refractivity contribution >= 4 is 23.0 Å². The molecule has 4 nitrogen and oxygen atoms in total. The third-order valence-electron chi connectivity index (χ3n) is 6.36. The molecule has 0 saturated heterocycles. The Balaban J connectivity index is 1.60. The highest BCUT2D eigenvalue weighted by Gasteiger charge is 2.42. The molecular formula is C23H23F2N3O. The largest absolute Gasteiger partial charge is 0.367 e. The van der Waals surface area contributed by atoms with Crippen LogP contribution in [-0.4, -0.2) is 23.3 Å². The Hall–Kier alpha value is -2.76. The summed E-state index contributed by atoms with van der Waals surface area (Å²) in [6.45, 7) is 0. The summed E-state index contributed by atoms with van der Waals surface area (Å²) in [5, 5.41) is 0. The number of aromatic amines is 1. The van der Waals surface area contributed by atoms with Crippen LogP contribution in [0.2, 0.25) is 0 Å². The molecule has 1 heterocycles. The Kier molecular flexibility index (Phi) is 4.37. The molecule has 2 saturated carbocycles. The molecule has 2 aliphatic rings. The topological polar surface area (TPSA) is 49.0 Å². The first kappa shape index (κ1) is 18.3. The zero-order valence-electron chi connectivity index (χ0n) is 16.2. The van der Waals surface area contributed by atoms with Crippen molar-refractivity contribution in [3.05, 3.63) is 59.4 Å². The molecule has 0 radical (unpaired) electrons. The number of aldehydes is 1. The summed E-state index contributed by atoms with van der Waals surface area (Å²) >= 11 is 0. The van der Waals surface area contributed by atoms with E-state index in [0.717, 1.165) is 54.3 Å². The van der Waals surface area contributed by atoms with Gasteiger partial charge in [0.05, 0.1) is 23.4 Å². The summed E-state index contributed by atoms with van der Waals surface area (Å²) < 4.78 is 30.4. The smallest absolute Gasteiger partial charge is 0.131 e. The van der Waals surface area contributed by atoms with Crippen molar-refractivity contribution < 1.29 is 13.6 Å². The second-order valence-electron chi connectivity index (χ2n) is 8.38. The van der Waals surface area contributed by atoms with Crippen LogP contribution in [0.5, 0.6) is 0 Å². The van der Waals surface area contributed by atoms with Crippen LogP contribution in [0.15, 0.2) is 36.7 Å². The molecule has 0 bridgehead atoms. The van der Waals surface area contributed by atoms with E-state index in [-0.39, 0.29) is 17.4 Å². The first-order chi connectivity index (χ1) is 14.1. The van der Waals surface area contributed by atoms with Crippen LogP contribution in [0, 0.1) is 23.5 Å². The summed E-state index contributed by atoms with van der Waals surface area (Å²) in [4.78, 5) is 21.1. The fraction of sp³-hybridized carbons (Fsp3) is 0.391. The molecule has 0 aliphatic heterocycles. The summed E-state index contributed by atoms with van der Waals surface area (Å²) in [6.07, 6.45) is 6.27. The molecule has 0 unspecified atom stereocenters. The van der Waals surface area contributed by atoms with E-state index < -0.39 is 23.6 Å². The molecule has 2 aromatic carbocycles. The summed E-state index contributed by atoms with van der Waals surface area (Å²) in [5.41, 5.74) is 3.15. The fourth-order valence-electron chi connectivity index (χ4n) is 4.41. The van der Waals surface area contributed by atoms with Gasteiger partial charge in [0, 0.05) is 24.2 Å². The number of nitrogens with one attached hydrogen (secondary N) is 1. The van der Waals surface area contributed by atoms with Gasteiger partial charge in [0.1, 0.15) is 17.9 Å². The van der Waals surface area contributed by atoms with E-state index >= 15 is 8.78 Å². The van der Waals surface area contributed by atoms with Gasteiger partial charge in [-0.25, -0.2) is 13.8 Å². The van der Waals surface area contributed by atoms with E-state index in [2.05, 4.69) is 9.97 Å². The lowest BCUT2D eigenvalue weighted by molar-refractivity contribution is -0.112. The molecule has 150 valence electrons. The number of nitrogens with zero attached hydrogens (tertiary/aromatic N) is 2. The maximum Gasteiger partial charge on any atom is 0.131 e. The van der Waals surface area contributed by atoms with Gasteiger partial charge in [0.25, 0.3) is 0 Å². The van der Waals surface area contributed by atoms with Crippen molar-refractivity contribution in [2.24, 2.45) is 11.8 Å². The van der Waals surface area contributed by atoms with Crippen LogP contribution in [0.25, 0.3) is 11.0 Å². The molecule has 29 heavy (non-hydrogen) atoms. The number of rotatable bonds is 7. The Morgan fingerprint density at radius 1 is 1.14 bits per heavy atom. The maximum absolute atomic E-state index is 15.2. The van der Waals surface area contributed by atoms with Crippen LogP contribution < -0.4 is 4.90 Å². The van der Waals surface area contributed by atoms with Crippen LogP contribution >= 0.6 is 0 Å². The Morgan fingerprint density at radius 2 is 1.86 bits per heavy atom. The second-order valence-corrected chi connectivity index (χ2v) is 8.38. The number of H-pyrrole nitrogens is 1. The van der Waals surface area contributed by atoms with Crippen molar-refractivity contribution in [1.29, 1.82) is 0 Å². The number of hydrogen-bond donors (Lipinski definition) is 1. The predicted molar refractivity (Wildman–Crippen MR) is 108 cm³/mol. The minimum Gasteiger partial charge on any atom is -0.367 e. The minimum atomic E-state index is -0.700. The number of benzene rings is 2. The minimum absolute atomic E-state index is 0.00870. The Labute approximate surface area is 167 Å². The zero-order chi connectivity index (χ0) is 20.1. The van der Waals surface area contributed by atoms with Crippen molar-refractivity contribution in [3.63, 3.8) is 0 Å². The fourth-order valence-corrected chi connectivity index (χ4v) is 4.41. The maximum atomic E-state index is 15.2. The Morgan fingerprint density at radius 3 is 2.48 bits per heavy atom. The van der Waals surface area contributed by atoms with E-state index in [9.17, 15) is 4.79 Å². The van der Waals surface area contributed by atoms with Gasteiger partial charge in [0.2, 0.25) is 0 Å². The first-order valence-electron chi connectivity index (χ1n) is 10.2. The molecule has 2 aliphatic carbocycles. The van der Waals surface area contributed by atoms with E-state index in [1.165, 1.54) is 12.1 Å². The molecule has 6 heteroatoms. The van der Waals surface area contributed by atoms with E-state index in [1.807, 2.05) is 23.1 Å². The number of halogens is 2. The van der Waals surface area contributed by atoms with E-state index in [4.69, 9.17) is 0 Å². The van der Waals surface area contributed by atoms with Crippen LogP contribution in [0.1, 0.15) is 48.8 Å². The number of carbonyl (C=O) groups excluding carboxylic acids is 1. The van der Waals surface area contributed by atoms with E-state index in [0.29, 0.717) is 0 Å². The van der Waals surface area contributed by atoms with Crippen LogP contribution in [-0.2, 0) is 4.79 Å². The van der Waals surface area contributed by atoms with Gasteiger partial charge >= 0.3 is 0 Å². The van der Waals surface area contributed by atoms with Crippen molar-refractivity contribution in [1.82, 2.24) is 9.97 Å². The number of aromatic nitrogens is 2. The van der Waals surface area contributed by atoms with Crippen molar-refractivity contribution in [2.45, 2.75) is 37.6 Å². The molecule has 2 fully saturated rings. The SMILES string of the molecule is CN(c1ccc2nc[nH]c2c1)[C@H](c1c(F)cc(C2CC2)cc1F)[C@@H](C=O)C1CC1. The number of hydrogen-bond acceptors (Lipinski definition) is 3. The van der Waals surface area contributed by atoms with Gasteiger partial charge in [-0.2, -0.15) is 0 Å². The lowest BCUT2D eigenvalue weighted by Gasteiger charge is -2.35. The van der Waals surface area contributed by atoms with Gasteiger partial charge < -0.3 is 14.7 Å². The zero-order valence-corrected chi connectivity index (χ0v) is 16.2. The standard InChI is InChI=1S/C23H23F2N3O/c1-28(16-6-7-20-21(10-16)27-12-26-20)23(17(11-29)14-4-5-14)22-18(24)8-15(9-19(22)25)13-2-3-13/h6-14,17,23H,2-5H2,1H3,(H,26,27)/t17-,23-/m0/s1. The molecule has 2 atom stereocenters. The normalized spacial score (nSPS) is 18.6. The third-order valence-corrected chi connectivity index (χ3v) is 6.36. The number of fused-ring (bicyclic) bond motifs is 1. The van der Waals surface area contributed by atoms with Gasteiger partial charge in [0.15, 0.2) is 0 Å².